The van der Waals surface area contributed by atoms with Crippen LogP contribution in [0, 0.1) is 0 Å². The summed E-state index contributed by atoms with van der Waals surface area (Å²) in [7, 11) is 0. The van der Waals surface area contributed by atoms with Crippen molar-refractivity contribution in [3.8, 4) is 0 Å². The Morgan fingerprint density at radius 2 is 1.43 bits per heavy atom. The van der Waals surface area contributed by atoms with E-state index in [0.29, 0.717) is 17.5 Å². The maximum Gasteiger partial charge on any atom is 0.305 e. The van der Waals surface area contributed by atoms with E-state index < -0.39 is 23.8 Å². The Morgan fingerprint density at radius 3 is 1.96 bits per heavy atom. The number of aliphatic carboxylic acids is 1. The third-order valence-electron chi connectivity index (χ3n) is 3.92. The number of hydrogen-bond donors (Lipinski definition) is 1. The van der Waals surface area contributed by atoms with E-state index in [2.05, 4.69) is 0 Å². The third-order valence-corrected chi connectivity index (χ3v) is 3.92. The van der Waals surface area contributed by atoms with Gasteiger partial charge in [0.15, 0.2) is 0 Å². The summed E-state index contributed by atoms with van der Waals surface area (Å²) in [6, 6.07) is 15.1. The van der Waals surface area contributed by atoms with Crippen molar-refractivity contribution in [2.75, 3.05) is 0 Å². The lowest BCUT2D eigenvalue weighted by atomic mass is 10.0. The first-order valence-corrected chi connectivity index (χ1v) is 7.30. The van der Waals surface area contributed by atoms with Gasteiger partial charge in [-0.25, -0.2) is 0 Å². The molecule has 0 radical (unpaired) electrons. The molecule has 23 heavy (non-hydrogen) atoms. The second-order valence-corrected chi connectivity index (χ2v) is 5.47. The van der Waals surface area contributed by atoms with Crippen molar-refractivity contribution in [1.29, 1.82) is 0 Å². The van der Waals surface area contributed by atoms with E-state index in [9.17, 15) is 14.4 Å². The number of carboxylic acids is 1. The summed E-state index contributed by atoms with van der Waals surface area (Å²) in [5.74, 6) is -1.89. The molecule has 0 aliphatic carbocycles. The zero-order chi connectivity index (χ0) is 16.4. The van der Waals surface area contributed by atoms with E-state index in [4.69, 9.17) is 5.11 Å². The van der Waals surface area contributed by atoms with Crippen LogP contribution in [0.4, 0.5) is 0 Å². The van der Waals surface area contributed by atoms with Crippen LogP contribution in [-0.2, 0) is 11.2 Å². The predicted molar refractivity (Wildman–Crippen MR) is 83.1 cm³/mol. The van der Waals surface area contributed by atoms with Crippen LogP contribution in [0.25, 0.3) is 0 Å². The van der Waals surface area contributed by atoms with Gasteiger partial charge in [0.2, 0.25) is 0 Å². The zero-order valence-electron chi connectivity index (χ0n) is 12.3. The normalized spacial score (nSPS) is 14.7. The summed E-state index contributed by atoms with van der Waals surface area (Å²) >= 11 is 0. The van der Waals surface area contributed by atoms with Crippen molar-refractivity contribution in [1.82, 2.24) is 4.90 Å². The fourth-order valence-corrected chi connectivity index (χ4v) is 2.88. The highest BCUT2D eigenvalue weighted by atomic mass is 16.4. The standard InChI is InChI=1S/C18H15NO4/c20-16(21)11-13(10-12-6-2-1-3-7-12)19-17(22)14-8-4-5-9-15(14)18(19)23/h1-9,13H,10-11H2,(H,20,21). The number of carbonyl (C=O) groups is 3. The summed E-state index contributed by atoms with van der Waals surface area (Å²) in [6.45, 7) is 0. The molecule has 0 fully saturated rings. The molecule has 0 bridgehead atoms. The molecule has 1 atom stereocenters. The molecule has 0 saturated heterocycles. The summed E-state index contributed by atoms with van der Waals surface area (Å²) in [5.41, 5.74) is 1.55. The van der Waals surface area contributed by atoms with Gasteiger partial charge < -0.3 is 5.11 Å². The number of benzene rings is 2. The van der Waals surface area contributed by atoms with E-state index in [1.54, 1.807) is 24.3 Å². The molecular weight excluding hydrogens is 294 g/mol. The molecule has 0 spiro atoms. The average molecular weight is 309 g/mol. The molecule has 3 rings (SSSR count). The van der Waals surface area contributed by atoms with Crippen molar-refractivity contribution in [2.24, 2.45) is 0 Å². The lowest BCUT2D eigenvalue weighted by molar-refractivity contribution is -0.137. The largest absolute Gasteiger partial charge is 0.481 e. The molecule has 2 amide bonds. The Hall–Kier alpha value is -2.95. The first kappa shape index (κ1) is 15.0. The number of imide groups is 1. The molecule has 1 unspecified atom stereocenters. The quantitative estimate of drug-likeness (QED) is 0.860. The lowest BCUT2D eigenvalue weighted by Gasteiger charge is -2.25. The van der Waals surface area contributed by atoms with E-state index >= 15 is 0 Å². The summed E-state index contributed by atoms with van der Waals surface area (Å²) in [6.07, 6.45) is 0.0406. The van der Waals surface area contributed by atoms with E-state index in [1.807, 2.05) is 30.3 Å². The second-order valence-electron chi connectivity index (χ2n) is 5.47. The van der Waals surface area contributed by atoms with Crippen molar-refractivity contribution in [3.63, 3.8) is 0 Å². The molecule has 5 heteroatoms. The average Bonchev–Trinajstić information content (AvgIpc) is 2.79. The molecule has 2 aromatic rings. The Morgan fingerprint density at radius 1 is 0.913 bits per heavy atom. The Kier molecular flexibility index (Phi) is 3.93. The van der Waals surface area contributed by atoms with E-state index in [1.165, 1.54) is 0 Å². The van der Waals surface area contributed by atoms with Gasteiger partial charge in [-0.3, -0.25) is 19.3 Å². The van der Waals surface area contributed by atoms with Crippen LogP contribution in [-0.4, -0.2) is 33.8 Å². The molecule has 5 nitrogen and oxygen atoms in total. The van der Waals surface area contributed by atoms with Crippen molar-refractivity contribution in [3.05, 3.63) is 71.3 Å². The molecule has 1 heterocycles. The van der Waals surface area contributed by atoms with Gasteiger partial charge in [-0.2, -0.15) is 0 Å². The molecule has 1 aliphatic rings. The van der Waals surface area contributed by atoms with Crippen LogP contribution in [0.2, 0.25) is 0 Å². The fourth-order valence-electron chi connectivity index (χ4n) is 2.88. The van der Waals surface area contributed by atoms with Crippen molar-refractivity contribution in [2.45, 2.75) is 18.9 Å². The fraction of sp³-hybridized carbons (Fsp3) is 0.167. The highest BCUT2D eigenvalue weighted by Crippen LogP contribution is 2.27. The topological polar surface area (TPSA) is 74.7 Å². The number of rotatable bonds is 5. The van der Waals surface area contributed by atoms with Gasteiger partial charge in [-0.15, -0.1) is 0 Å². The maximum atomic E-state index is 12.5. The van der Waals surface area contributed by atoms with Crippen LogP contribution in [0.5, 0.6) is 0 Å². The number of hydrogen-bond acceptors (Lipinski definition) is 3. The molecule has 116 valence electrons. The maximum absolute atomic E-state index is 12.5. The van der Waals surface area contributed by atoms with Crippen LogP contribution in [0.3, 0.4) is 0 Å². The molecule has 1 N–H and O–H groups in total. The number of nitrogens with zero attached hydrogens (tertiary/aromatic N) is 1. The minimum atomic E-state index is -1.04. The summed E-state index contributed by atoms with van der Waals surface area (Å²) < 4.78 is 0. The number of carboxylic acid groups (broad SMARTS) is 1. The Balaban J connectivity index is 1.93. The predicted octanol–water partition coefficient (Wildman–Crippen LogP) is 2.37. The van der Waals surface area contributed by atoms with Crippen molar-refractivity contribution >= 4 is 17.8 Å². The van der Waals surface area contributed by atoms with Crippen LogP contribution in [0.1, 0.15) is 32.7 Å². The monoisotopic (exact) mass is 309 g/mol. The number of amides is 2. The third kappa shape index (κ3) is 2.85. The number of fused-ring (bicyclic) bond motifs is 1. The van der Waals surface area contributed by atoms with Gasteiger partial charge in [0, 0.05) is 0 Å². The van der Waals surface area contributed by atoms with Crippen LogP contribution >= 0.6 is 0 Å². The summed E-state index contributed by atoms with van der Waals surface area (Å²) in [4.78, 5) is 37.3. The minimum absolute atomic E-state index is 0.277. The van der Waals surface area contributed by atoms with E-state index in [-0.39, 0.29) is 6.42 Å². The lowest BCUT2D eigenvalue weighted by Crippen LogP contribution is -2.42. The SMILES string of the molecule is O=C(O)CC(Cc1ccccc1)N1C(=O)c2ccccc2C1=O. The van der Waals surface area contributed by atoms with Gasteiger partial charge in [0.1, 0.15) is 0 Å². The summed E-state index contributed by atoms with van der Waals surface area (Å²) in [5, 5.41) is 9.16. The van der Waals surface area contributed by atoms with Crippen LogP contribution in [0.15, 0.2) is 54.6 Å². The Labute approximate surface area is 133 Å². The molecule has 0 aromatic heterocycles. The van der Waals surface area contributed by atoms with E-state index in [0.717, 1.165) is 10.5 Å². The first-order chi connectivity index (χ1) is 11.1. The minimum Gasteiger partial charge on any atom is -0.481 e. The van der Waals surface area contributed by atoms with Crippen molar-refractivity contribution < 1.29 is 19.5 Å². The highest BCUT2D eigenvalue weighted by Gasteiger charge is 2.40. The van der Waals surface area contributed by atoms with Crippen LogP contribution < -0.4 is 0 Å². The molecule has 1 aliphatic heterocycles. The first-order valence-electron chi connectivity index (χ1n) is 7.30. The smallest absolute Gasteiger partial charge is 0.305 e. The number of carbonyl (C=O) groups excluding carboxylic acids is 2. The van der Waals surface area contributed by atoms with Gasteiger partial charge in [0.05, 0.1) is 23.6 Å². The van der Waals surface area contributed by atoms with Gasteiger partial charge in [0.25, 0.3) is 11.8 Å². The van der Waals surface area contributed by atoms with Gasteiger partial charge in [-0.05, 0) is 24.1 Å². The molecular formula is C18H15NO4. The highest BCUT2D eigenvalue weighted by molar-refractivity contribution is 6.21. The molecule has 2 aromatic carbocycles. The molecule has 0 saturated carbocycles. The zero-order valence-corrected chi connectivity index (χ0v) is 12.3. The van der Waals surface area contributed by atoms with Gasteiger partial charge >= 0.3 is 5.97 Å². The van der Waals surface area contributed by atoms with Gasteiger partial charge in [-0.1, -0.05) is 42.5 Å². The second kappa shape index (κ2) is 6.04. The Bertz CT molecular complexity index is 735.